The predicted octanol–water partition coefficient (Wildman–Crippen LogP) is 4.56. The van der Waals surface area contributed by atoms with Gasteiger partial charge in [0.05, 0.1) is 5.92 Å². The lowest BCUT2D eigenvalue weighted by atomic mass is 9.80. The van der Waals surface area contributed by atoms with Gasteiger partial charge in [0.2, 0.25) is 0 Å². The van der Waals surface area contributed by atoms with Crippen LogP contribution < -0.4 is 5.32 Å². The Balaban J connectivity index is 1.53. The van der Waals surface area contributed by atoms with Gasteiger partial charge >= 0.3 is 6.03 Å². The SMILES string of the molecule is CC1(C)CC(=O)C(c2ccccc2)CN1C(=O)NCCCCc1ccccc1. The topological polar surface area (TPSA) is 49.4 Å². The number of ketones is 1. The Morgan fingerprint density at radius 3 is 2.36 bits per heavy atom. The molecule has 148 valence electrons. The van der Waals surface area contributed by atoms with Crippen molar-refractivity contribution in [3.63, 3.8) is 0 Å². The van der Waals surface area contributed by atoms with Gasteiger partial charge in [-0.3, -0.25) is 4.79 Å². The van der Waals surface area contributed by atoms with Gasteiger partial charge in [-0.1, -0.05) is 60.7 Å². The Labute approximate surface area is 167 Å². The summed E-state index contributed by atoms with van der Waals surface area (Å²) in [7, 11) is 0. The van der Waals surface area contributed by atoms with E-state index in [0.717, 1.165) is 24.8 Å². The Kier molecular flexibility index (Phi) is 6.50. The summed E-state index contributed by atoms with van der Waals surface area (Å²) < 4.78 is 0. The maximum atomic E-state index is 12.8. The molecule has 0 bridgehead atoms. The van der Waals surface area contributed by atoms with Crippen LogP contribution in [-0.2, 0) is 11.2 Å². The third-order valence-electron chi connectivity index (χ3n) is 5.55. The molecule has 1 aliphatic rings. The van der Waals surface area contributed by atoms with E-state index in [2.05, 4.69) is 29.6 Å². The van der Waals surface area contributed by atoms with Gasteiger partial charge in [-0.05, 0) is 44.2 Å². The van der Waals surface area contributed by atoms with Crippen LogP contribution in [0.5, 0.6) is 0 Å². The number of likely N-dealkylation sites (tertiary alicyclic amines) is 1. The standard InChI is InChI=1S/C24H30N2O2/c1-24(2)17-22(27)21(20-14-7-4-8-15-20)18-26(24)23(28)25-16-10-9-13-19-11-5-3-6-12-19/h3-8,11-12,14-15,21H,9-10,13,16-18H2,1-2H3,(H,25,28). The minimum Gasteiger partial charge on any atom is -0.338 e. The third kappa shape index (κ3) is 5.00. The molecule has 28 heavy (non-hydrogen) atoms. The first-order valence-electron chi connectivity index (χ1n) is 10.1. The summed E-state index contributed by atoms with van der Waals surface area (Å²) in [5.41, 5.74) is 1.86. The monoisotopic (exact) mass is 378 g/mol. The van der Waals surface area contributed by atoms with Crippen LogP contribution in [0, 0.1) is 0 Å². The molecule has 1 unspecified atom stereocenters. The fourth-order valence-corrected chi connectivity index (χ4v) is 3.90. The summed E-state index contributed by atoms with van der Waals surface area (Å²) in [6.45, 7) is 5.04. The van der Waals surface area contributed by atoms with E-state index in [-0.39, 0.29) is 17.7 Å². The number of carbonyl (C=O) groups is 2. The average Bonchev–Trinajstić information content (AvgIpc) is 2.68. The van der Waals surface area contributed by atoms with Gasteiger partial charge in [-0.2, -0.15) is 0 Å². The van der Waals surface area contributed by atoms with Crippen molar-refractivity contribution in [2.75, 3.05) is 13.1 Å². The maximum Gasteiger partial charge on any atom is 0.317 e. The molecule has 4 nitrogen and oxygen atoms in total. The summed E-state index contributed by atoms with van der Waals surface area (Å²) in [6, 6.07) is 20.1. The molecule has 3 rings (SSSR count). The van der Waals surface area contributed by atoms with Gasteiger partial charge in [0.15, 0.2) is 0 Å². The van der Waals surface area contributed by atoms with E-state index in [1.807, 2.05) is 55.1 Å². The van der Waals surface area contributed by atoms with E-state index in [1.165, 1.54) is 5.56 Å². The van der Waals surface area contributed by atoms with Gasteiger partial charge in [-0.25, -0.2) is 4.79 Å². The fourth-order valence-electron chi connectivity index (χ4n) is 3.90. The molecule has 2 amide bonds. The van der Waals surface area contributed by atoms with Crippen molar-refractivity contribution in [1.29, 1.82) is 0 Å². The summed E-state index contributed by atoms with van der Waals surface area (Å²) in [6.07, 6.45) is 3.39. The number of hydrogen-bond donors (Lipinski definition) is 1. The van der Waals surface area contributed by atoms with Crippen LogP contribution in [0.2, 0.25) is 0 Å². The first-order valence-corrected chi connectivity index (χ1v) is 10.1. The maximum absolute atomic E-state index is 12.8. The fraction of sp³-hybridized carbons (Fsp3) is 0.417. The molecule has 2 aromatic rings. The quantitative estimate of drug-likeness (QED) is 0.750. The van der Waals surface area contributed by atoms with Gasteiger partial charge in [0.25, 0.3) is 0 Å². The lowest BCUT2D eigenvalue weighted by Gasteiger charge is -2.44. The van der Waals surface area contributed by atoms with Crippen LogP contribution in [0.15, 0.2) is 60.7 Å². The lowest BCUT2D eigenvalue weighted by Crippen LogP contribution is -2.58. The van der Waals surface area contributed by atoms with Crippen molar-refractivity contribution in [3.8, 4) is 0 Å². The molecule has 4 heteroatoms. The van der Waals surface area contributed by atoms with E-state index in [1.54, 1.807) is 0 Å². The second kappa shape index (κ2) is 9.05. The molecular formula is C24H30N2O2. The van der Waals surface area contributed by atoms with E-state index in [4.69, 9.17) is 0 Å². The summed E-state index contributed by atoms with van der Waals surface area (Å²) in [4.78, 5) is 27.3. The number of benzene rings is 2. The predicted molar refractivity (Wildman–Crippen MR) is 112 cm³/mol. The van der Waals surface area contributed by atoms with Gasteiger partial charge < -0.3 is 10.2 Å². The van der Waals surface area contributed by atoms with Crippen molar-refractivity contribution in [1.82, 2.24) is 10.2 Å². The molecule has 1 heterocycles. The highest BCUT2D eigenvalue weighted by Gasteiger charge is 2.42. The minimum absolute atomic E-state index is 0.0712. The Morgan fingerprint density at radius 2 is 1.68 bits per heavy atom. The number of unbranched alkanes of at least 4 members (excludes halogenated alkanes) is 1. The molecule has 1 atom stereocenters. The largest absolute Gasteiger partial charge is 0.338 e. The molecule has 1 aliphatic heterocycles. The van der Waals surface area contributed by atoms with Crippen LogP contribution in [0.4, 0.5) is 4.79 Å². The smallest absolute Gasteiger partial charge is 0.317 e. The number of aryl methyl sites for hydroxylation is 1. The molecule has 1 N–H and O–H groups in total. The number of rotatable bonds is 6. The number of amides is 2. The van der Waals surface area contributed by atoms with Crippen molar-refractivity contribution >= 4 is 11.8 Å². The number of Topliss-reactive ketones (excluding diaryl/α,β-unsaturated/α-hetero) is 1. The number of nitrogens with zero attached hydrogens (tertiary/aromatic N) is 1. The van der Waals surface area contributed by atoms with Crippen LogP contribution >= 0.6 is 0 Å². The molecule has 0 aromatic heterocycles. The summed E-state index contributed by atoms with van der Waals surface area (Å²) in [5, 5.41) is 3.06. The number of carbonyl (C=O) groups excluding carboxylic acids is 2. The zero-order chi connectivity index (χ0) is 20.0. The lowest BCUT2D eigenvalue weighted by molar-refractivity contribution is -0.126. The first kappa shape index (κ1) is 20.1. The van der Waals surface area contributed by atoms with Crippen LogP contribution in [-0.4, -0.2) is 35.3 Å². The Hall–Kier alpha value is -2.62. The second-order valence-corrected chi connectivity index (χ2v) is 8.20. The highest BCUT2D eigenvalue weighted by atomic mass is 16.2. The molecular weight excluding hydrogens is 348 g/mol. The Morgan fingerprint density at radius 1 is 1.04 bits per heavy atom. The van der Waals surface area contributed by atoms with Crippen LogP contribution in [0.25, 0.3) is 0 Å². The molecule has 0 aliphatic carbocycles. The third-order valence-corrected chi connectivity index (χ3v) is 5.55. The van der Waals surface area contributed by atoms with Gasteiger partial charge in [0, 0.05) is 25.0 Å². The minimum atomic E-state index is -0.462. The van der Waals surface area contributed by atoms with E-state index in [0.29, 0.717) is 19.5 Å². The van der Waals surface area contributed by atoms with Crippen molar-refractivity contribution < 1.29 is 9.59 Å². The molecule has 0 saturated carbocycles. The molecule has 2 aromatic carbocycles. The molecule has 0 radical (unpaired) electrons. The molecule has 1 fully saturated rings. The second-order valence-electron chi connectivity index (χ2n) is 8.20. The van der Waals surface area contributed by atoms with Crippen molar-refractivity contribution in [2.45, 2.75) is 51.0 Å². The van der Waals surface area contributed by atoms with Gasteiger partial charge in [-0.15, -0.1) is 0 Å². The summed E-state index contributed by atoms with van der Waals surface area (Å²) in [5.74, 6) is -0.0267. The van der Waals surface area contributed by atoms with Crippen LogP contribution in [0.3, 0.4) is 0 Å². The number of urea groups is 1. The van der Waals surface area contributed by atoms with Gasteiger partial charge in [0.1, 0.15) is 5.78 Å². The molecule has 1 saturated heterocycles. The highest BCUT2D eigenvalue weighted by Crippen LogP contribution is 2.33. The van der Waals surface area contributed by atoms with Crippen molar-refractivity contribution in [2.24, 2.45) is 0 Å². The number of nitrogens with one attached hydrogen (secondary N) is 1. The molecule has 0 spiro atoms. The zero-order valence-corrected chi connectivity index (χ0v) is 16.9. The van der Waals surface area contributed by atoms with E-state index >= 15 is 0 Å². The van der Waals surface area contributed by atoms with Crippen LogP contribution in [0.1, 0.15) is 50.2 Å². The van der Waals surface area contributed by atoms with Crippen molar-refractivity contribution in [3.05, 3.63) is 71.8 Å². The zero-order valence-electron chi connectivity index (χ0n) is 16.9. The summed E-state index contributed by atoms with van der Waals surface area (Å²) >= 11 is 0. The number of piperidine rings is 1. The Bertz CT molecular complexity index is 787. The van der Waals surface area contributed by atoms with E-state index in [9.17, 15) is 9.59 Å². The normalized spacial score (nSPS) is 18.7. The number of hydrogen-bond acceptors (Lipinski definition) is 2. The first-order chi connectivity index (χ1) is 13.5. The highest BCUT2D eigenvalue weighted by molar-refractivity contribution is 5.90. The van der Waals surface area contributed by atoms with E-state index < -0.39 is 5.54 Å². The average molecular weight is 379 g/mol.